The number of hydrogen-bond acceptors (Lipinski definition) is 3. The standard InChI is InChI=1S/C13H26N4O2/c1-9(2)6-11(7-14)16-12(18)10-4-3-5-17(8-10)13(15)19/h9-11H,3-8,14H2,1-2H3,(H2,15,19)(H,16,18). The van der Waals surface area contributed by atoms with Gasteiger partial charge in [0.1, 0.15) is 0 Å². The van der Waals surface area contributed by atoms with Gasteiger partial charge in [-0.3, -0.25) is 4.79 Å². The molecule has 6 heteroatoms. The van der Waals surface area contributed by atoms with Gasteiger partial charge in [-0.2, -0.15) is 0 Å². The highest BCUT2D eigenvalue weighted by Crippen LogP contribution is 2.17. The number of likely N-dealkylation sites (tertiary alicyclic amines) is 1. The quantitative estimate of drug-likeness (QED) is 0.668. The number of urea groups is 1. The van der Waals surface area contributed by atoms with E-state index in [2.05, 4.69) is 19.2 Å². The number of carbonyl (C=O) groups is 2. The van der Waals surface area contributed by atoms with Crippen LogP contribution in [0.15, 0.2) is 0 Å². The van der Waals surface area contributed by atoms with Crippen LogP contribution in [0, 0.1) is 11.8 Å². The van der Waals surface area contributed by atoms with Gasteiger partial charge in [-0.05, 0) is 25.2 Å². The zero-order valence-corrected chi connectivity index (χ0v) is 11.9. The Morgan fingerprint density at radius 3 is 2.63 bits per heavy atom. The lowest BCUT2D eigenvalue weighted by atomic mass is 9.96. The molecule has 5 N–H and O–H groups in total. The lowest BCUT2D eigenvalue weighted by Crippen LogP contribution is -2.50. The number of amides is 3. The minimum Gasteiger partial charge on any atom is -0.352 e. The number of piperidine rings is 1. The Labute approximate surface area is 114 Å². The highest BCUT2D eigenvalue weighted by molar-refractivity contribution is 5.80. The van der Waals surface area contributed by atoms with E-state index in [0.29, 0.717) is 25.6 Å². The number of carbonyl (C=O) groups excluding carboxylic acids is 2. The molecule has 0 aromatic carbocycles. The molecule has 1 fully saturated rings. The largest absolute Gasteiger partial charge is 0.352 e. The molecule has 19 heavy (non-hydrogen) atoms. The summed E-state index contributed by atoms with van der Waals surface area (Å²) in [7, 11) is 0. The molecule has 110 valence electrons. The molecule has 0 saturated carbocycles. The van der Waals surface area contributed by atoms with Crippen molar-refractivity contribution in [2.45, 2.75) is 39.2 Å². The molecule has 3 amide bonds. The van der Waals surface area contributed by atoms with Crippen molar-refractivity contribution in [3.05, 3.63) is 0 Å². The molecule has 1 aliphatic rings. The molecule has 6 nitrogen and oxygen atoms in total. The van der Waals surface area contributed by atoms with E-state index in [9.17, 15) is 9.59 Å². The van der Waals surface area contributed by atoms with Crippen molar-refractivity contribution in [1.82, 2.24) is 10.2 Å². The van der Waals surface area contributed by atoms with E-state index >= 15 is 0 Å². The lowest BCUT2D eigenvalue weighted by Gasteiger charge is -2.31. The predicted molar refractivity (Wildman–Crippen MR) is 74.3 cm³/mol. The van der Waals surface area contributed by atoms with Gasteiger partial charge in [-0.1, -0.05) is 13.8 Å². The fourth-order valence-electron chi connectivity index (χ4n) is 2.49. The highest BCUT2D eigenvalue weighted by Gasteiger charge is 2.28. The fourth-order valence-corrected chi connectivity index (χ4v) is 2.49. The molecule has 1 heterocycles. The summed E-state index contributed by atoms with van der Waals surface area (Å²) in [4.78, 5) is 24.8. The zero-order chi connectivity index (χ0) is 14.4. The number of nitrogens with one attached hydrogen (secondary N) is 1. The Hall–Kier alpha value is -1.30. The van der Waals surface area contributed by atoms with E-state index in [0.717, 1.165) is 19.3 Å². The summed E-state index contributed by atoms with van der Waals surface area (Å²) in [6.07, 6.45) is 2.49. The predicted octanol–water partition coefficient (Wildman–Crippen LogP) is 0.267. The van der Waals surface area contributed by atoms with Crippen LogP contribution in [0.2, 0.25) is 0 Å². The average Bonchev–Trinajstić information content (AvgIpc) is 2.37. The van der Waals surface area contributed by atoms with Crippen molar-refractivity contribution in [2.75, 3.05) is 19.6 Å². The van der Waals surface area contributed by atoms with Crippen LogP contribution in [0.5, 0.6) is 0 Å². The van der Waals surface area contributed by atoms with Gasteiger partial charge in [0.15, 0.2) is 0 Å². The summed E-state index contributed by atoms with van der Waals surface area (Å²) >= 11 is 0. The normalized spacial score (nSPS) is 21.3. The average molecular weight is 270 g/mol. The SMILES string of the molecule is CC(C)CC(CN)NC(=O)C1CCCN(C(N)=O)C1. The summed E-state index contributed by atoms with van der Waals surface area (Å²) in [5.41, 5.74) is 10.9. The van der Waals surface area contributed by atoms with E-state index in [1.807, 2.05) is 0 Å². The third kappa shape index (κ3) is 5.06. The second-order valence-electron chi connectivity index (χ2n) is 5.69. The fraction of sp³-hybridized carbons (Fsp3) is 0.846. The van der Waals surface area contributed by atoms with Crippen molar-refractivity contribution in [3.8, 4) is 0 Å². The van der Waals surface area contributed by atoms with Crippen LogP contribution in [0.1, 0.15) is 33.1 Å². The summed E-state index contributed by atoms with van der Waals surface area (Å²) < 4.78 is 0. The first-order valence-electron chi connectivity index (χ1n) is 6.98. The molecule has 1 rings (SSSR count). The number of hydrogen-bond donors (Lipinski definition) is 3. The first-order valence-corrected chi connectivity index (χ1v) is 6.98. The molecule has 1 aliphatic heterocycles. The molecule has 0 radical (unpaired) electrons. The molecule has 0 aromatic rings. The number of primary amides is 1. The second-order valence-corrected chi connectivity index (χ2v) is 5.69. The van der Waals surface area contributed by atoms with Gasteiger partial charge in [0, 0.05) is 25.7 Å². The van der Waals surface area contributed by atoms with Crippen molar-refractivity contribution >= 4 is 11.9 Å². The van der Waals surface area contributed by atoms with Crippen molar-refractivity contribution in [2.24, 2.45) is 23.3 Å². The summed E-state index contributed by atoms with van der Waals surface area (Å²) in [6.45, 7) is 5.70. The van der Waals surface area contributed by atoms with Gasteiger partial charge in [0.25, 0.3) is 0 Å². The van der Waals surface area contributed by atoms with E-state index in [1.165, 1.54) is 4.90 Å². The second kappa shape index (κ2) is 7.33. The van der Waals surface area contributed by atoms with Crippen molar-refractivity contribution in [1.29, 1.82) is 0 Å². The maximum atomic E-state index is 12.2. The van der Waals surface area contributed by atoms with Crippen LogP contribution in [0.4, 0.5) is 4.79 Å². The monoisotopic (exact) mass is 270 g/mol. The molecular weight excluding hydrogens is 244 g/mol. The summed E-state index contributed by atoms with van der Waals surface area (Å²) in [5.74, 6) is 0.312. The van der Waals surface area contributed by atoms with E-state index < -0.39 is 6.03 Å². The van der Waals surface area contributed by atoms with Crippen LogP contribution in [-0.2, 0) is 4.79 Å². The summed E-state index contributed by atoms with van der Waals surface area (Å²) in [6, 6.07) is -0.438. The molecule has 0 spiro atoms. The van der Waals surface area contributed by atoms with Crippen LogP contribution in [0.25, 0.3) is 0 Å². The Balaban J connectivity index is 2.49. The molecule has 1 saturated heterocycles. The molecule has 0 bridgehead atoms. The Morgan fingerprint density at radius 2 is 2.11 bits per heavy atom. The first-order chi connectivity index (χ1) is 8.93. The van der Waals surface area contributed by atoms with Crippen LogP contribution in [-0.4, -0.2) is 42.5 Å². The van der Waals surface area contributed by atoms with Crippen molar-refractivity contribution < 1.29 is 9.59 Å². The smallest absolute Gasteiger partial charge is 0.314 e. The van der Waals surface area contributed by atoms with Crippen LogP contribution >= 0.6 is 0 Å². The van der Waals surface area contributed by atoms with Crippen LogP contribution in [0.3, 0.4) is 0 Å². The number of nitrogens with zero attached hydrogens (tertiary/aromatic N) is 1. The molecule has 2 unspecified atom stereocenters. The topological polar surface area (TPSA) is 101 Å². The molecule has 0 aromatic heterocycles. The highest BCUT2D eigenvalue weighted by atomic mass is 16.2. The molecular formula is C13H26N4O2. The van der Waals surface area contributed by atoms with Gasteiger partial charge in [-0.25, -0.2) is 4.79 Å². The van der Waals surface area contributed by atoms with Gasteiger partial charge < -0.3 is 21.7 Å². The minimum atomic E-state index is -0.449. The van der Waals surface area contributed by atoms with Crippen LogP contribution < -0.4 is 16.8 Å². The minimum absolute atomic E-state index is 0.0106. The van der Waals surface area contributed by atoms with Gasteiger partial charge in [0.2, 0.25) is 5.91 Å². The van der Waals surface area contributed by atoms with Gasteiger partial charge in [0.05, 0.1) is 5.92 Å². The van der Waals surface area contributed by atoms with E-state index in [-0.39, 0.29) is 17.9 Å². The Morgan fingerprint density at radius 1 is 1.42 bits per heavy atom. The van der Waals surface area contributed by atoms with E-state index in [4.69, 9.17) is 11.5 Å². The van der Waals surface area contributed by atoms with Gasteiger partial charge in [-0.15, -0.1) is 0 Å². The Kier molecular flexibility index (Phi) is 6.08. The van der Waals surface area contributed by atoms with E-state index in [1.54, 1.807) is 0 Å². The molecule has 2 atom stereocenters. The zero-order valence-electron chi connectivity index (χ0n) is 11.9. The third-order valence-electron chi connectivity index (χ3n) is 3.49. The number of nitrogens with two attached hydrogens (primary N) is 2. The maximum absolute atomic E-state index is 12.2. The van der Waals surface area contributed by atoms with Gasteiger partial charge >= 0.3 is 6.03 Å². The lowest BCUT2D eigenvalue weighted by molar-refractivity contribution is -0.127. The third-order valence-corrected chi connectivity index (χ3v) is 3.49. The maximum Gasteiger partial charge on any atom is 0.314 e. The summed E-state index contributed by atoms with van der Waals surface area (Å²) in [5, 5.41) is 2.98. The first kappa shape index (κ1) is 15.8. The van der Waals surface area contributed by atoms with Crippen molar-refractivity contribution in [3.63, 3.8) is 0 Å². The Bertz CT molecular complexity index is 320. The molecule has 0 aliphatic carbocycles. The number of rotatable bonds is 5.